The zero-order valence-corrected chi connectivity index (χ0v) is 12.6. The third kappa shape index (κ3) is 3.52. The summed E-state index contributed by atoms with van der Waals surface area (Å²) >= 11 is 0. The van der Waals surface area contributed by atoms with Crippen molar-refractivity contribution in [3.8, 4) is 0 Å². The SMILES string of the molecule is Cc1ccn2cc(CNC(=O)CCc3ccccc3)nc2c1. The van der Waals surface area contributed by atoms with Gasteiger partial charge in [-0.2, -0.15) is 0 Å². The first-order chi connectivity index (χ1) is 10.7. The highest BCUT2D eigenvalue weighted by atomic mass is 16.1. The molecular weight excluding hydrogens is 274 g/mol. The van der Waals surface area contributed by atoms with Gasteiger partial charge in [0, 0.05) is 18.8 Å². The van der Waals surface area contributed by atoms with Gasteiger partial charge in [0.2, 0.25) is 5.91 Å². The number of imidazole rings is 1. The molecule has 0 unspecified atom stereocenters. The number of aromatic nitrogens is 2. The fraction of sp³-hybridized carbons (Fsp3) is 0.222. The minimum absolute atomic E-state index is 0.0529. The van der Waals surface area contributed by atoms with Gasteiger partial charge in [-0.25, -0.2) is 4.98 Å². The van der Waals surface area contributed by atoms with Crippen molar-refractivity contribution < 1.29 is 4.79 Å². The molecule has 4 heteroatoms. The zero-order chi connectivity index (χ0) is 15.4. The normalized spacial score (nSPS) is 10.8. The Bertz CT molecular complexity index is 777. The summed E-state index contributed by atoms with van der Waals surface area (Å²) in [6.07, 6.45) is 5.19. The molecule has 0 saturated carbocycles. The number of fused-ring (bicyclic) bond motifs is 1. The summed E-state index contributed by atoms with van der Waals surface area (Å²) in [7, 11) is 0. The molecule has 0 spiro atoms. The molecule has 0 aliphatic rings. The second-order valence-electron chi connectivity index (χ2n) is 5.46. The standard InChI is InChI=1S/C18H19N3O/c1-14-9-10-21-13-16(20-17(21)11-14)12-19-18(22)8-7-15-5-3-2-4-6-15/h2-6,9-11,13H,7-8,12H2,1H3,(H,19,22). The molecule has 1 N–H and O–H groups in total. The number of carbonyl (C=O) groups is 1. The number of benzene rings is 1. The van der Waals surface area contributed by atoms with Crippen LogP contribution < -0.4 is 5.32 Å². The van der Waals surface area contributed by atoms with Gasteiger partial charge in [-0.15, -0.1) is 0 Å². The maximum atomic E-state index is 11.9. The van der Waals surface area contributed by atoms with Crippen molar-refractivity contribution in [2.75, 3.05) is 0 Å². The van der Waals surface area contributed by atoms with Crippen molar-refractivity contribution in [2.45, 2.75) is 26.3 Å². The van der Waals surface area contributed by atoms with Gasteiger partial charge in [0.15, 0.2) is 0 Å². The van der Waals surface area contributed by atoms with Crippen LogP contribution in [0.25, 0.3) is 5.65 Å². The van der Waals surface area contributed by atoms with Gasteiger partial charge >= 0.3 is 0 Å². The summed E-state index contributed by atoms with van der Waals surface area (Å²) in [6, 6.07) is 14.1. The van der Waals surface area contributed by atoms with E-state index in [2.05, 4.69) is 10.3 Å². The Labute approximate surface area is 129 Å². The van der Waals surface area contributed by atoms with E-state index in [0.717, 1.165) is 17.8 Å². The van der Waals surface area contributed by atoms with E-state index in [-0.39, 0.29) is 5.91 Å². The van der Waals surface area contributed by atoms with Crippen molar-refractivity contribution in [3.63, 3.8) is 0 Å². The van der Waals surface area contributed by atoms with Gasteiger partial charge in [-0.1, -0.05) is 30.3 Å². The molecule has 3 rings (SSSR count). The van der Waals surface area contributed by atoms with Crippen molar-refractivity contribution in [3.05, 3.63) is 71.7 Å². The molecule has 0 atom stereocenters. The Kier molecular flexibility index (Phi) is 4.19. The second kappa shape index (κ2) is 6.43. The third-order valence-corrected chi connectivity index (χ3v) is 3.62. The second-order valence-corrected chi connectivity index (χ2v) is 5.46. The van der Waals surface area contributed by atoms with E-state index >= 15 is 0 Å². The van der Waals surface area contributed by atoms with E-state index < -0.39 is 0 Å². The Morgan fingerprint density at radius 3 is 2.86 bits per heavy atom. The lowest BCUT2D eigenvalue weighted by atomic mass is 10.1. The molecule has 0 fully saturated rings. The Hall–Kier alpha value is -2.62. The molecule has 22 heavy (non-hydrogen) atoms. The molecule has 1 amide bonds. The van der Waals surface area contributed by atoms with Crippen LogP contribution >= 0.6 is 0 Å². The fourth-order valence-corrected chi connectivity index (χ4v) is 2.40. The first kappa shape index (κ1) is 14.3. The molecule has 112 valence electrons. The number of nitrogens with one attached hydrogen (secondary N) is 1. The number of amides is 1. The number of hydrogen-bond donors (Lipinski definition) is 1. The predicted molar refractivity (Wildman–Crippen MR) is 86.5 cm³/mol. The number of carbonyl (C=O) groups excluding carboxylic acids is 1. The maximum Gasteiger partial charge on any atom is 0.220 e. The molecule has 3 aromatic rings. The van der Waals surface area contributed by atoms with Crippen LogP contribution in [0.1, 0.15) is 23.2 Å². The topological polar surface area (TPSA) is 46.4 Å². The van der Waals surface area contributed by atoms with Crippen LogP contribution in [0.5, 0.6) is 0 Å². The van der Waals surface area contributed by atoms with E-state index in [1.807, 2.05) is 66.2 Å². The summed E-state index contributed by atoms with van der Waals surface area (Å²) in [5.41, 5.74) is 4.14. The van der Waals surface area contributed by atoms with Crippen molar-refractivity contribution in [1.82, 2.24) is 14.7 Å². The lowest BCUT2D eigenvalue weighted by molar-refractivity contribution is -0.121. The number of hydrogen-bond acceptors (Lipinski definition) is 2. The van der Waals surface area contributed by atoms with Crippen molar-refractivity contribution in [1.29, 1.82) is 0 Å². The third-order valence-electron chi connectivity index (χ3n) is 3.62. The van der Waals surface area contributed by atoms with Crippen LogP contribution in [-0.4, -0.2) is 15.3 Å². The Balaban J connectivity index is 1.53. The van der Waals surface area contributed by atoms with Crippen LogP contribution in [0, 0.1) is 6.92 Å². The van der Waals surface area contributed by atoms with Gasteiger partial charge in [-0.3, -0.25) is 4.79 Å². The quantitative estimate of drug-likeness (QED) is 0.786. The first-order valence-electron chi connectivity index (χ1n) is 7.45. The van der Waals surface area contributed by atoms with Crippen LogP contribution in [0.2, 0.25) is 0 Å². The van der Waals surface area contributed by atoms with E-state index in [1.54, 1.807) is 0 Å². The van der Waals surface area contributed by atoms with Gasteiger partial charge in [0.1, 0.15) is 5.65 Å². The molecule has 2 heterocycles. The van der Waals surface area contributed by atoms with E-state index in [0.29, 0.717) is 13.0 Å². The molecule has 0 aliphatic heterocycles. The predicted octanol–water partition coefficient (Wildman–Crippen LogP) is 2.89. The van der Waals surface area contributed by atoms with Crippen LogP contribution in [-0.2, 0) is 17.8 Å². The summed E-state index contributed by atoms with van der Waals surface area (Å²) in [5, 5.41) is 2.93. The van der Waals surface area contributed by atoms with Crippen LogP contribution in [0.3, 0.4) is 0 Å². The summed E-state index contributed by atoms with van der Waals surface area (Å²) < 4.78 is 1.97. The zero-order valence-electron chi connectivity index (χ0n) is 12.6. The maximum absolute atomic E-state index is 11.9. The Morgan fingerprint density at radius 2 is 2.05 bits per heavy atom. The molecular formula is C18H19N3O. The highest BCUT2D eigenvalue weighted by Gasteiger charge is 2.05. The van der Waals surface area contributed by atoms with Gasteiger partial charge in [0.25, 0.3) is 0 Å². The lowest BCUT2D eigenvalue weighted by Crippen LogP contribution is -2.23. The largest absolute Gasteiger partial charge is 0.350 e. The first-order valence-corrected chi connectivity index (χ1v) is 7.45. The van der Waals surface area contributed by atoms with Crippen LogP contribution in [0.4, 0.5) is 0 Å². The molecule has 2 aromatic heterocycles. The lowest BCUT2D eigenvalue weighted by Gasteiger charge is -2.03. The van der Waals surface area contributed by atoms with Gasteiger partial charge in [0.05, 0.1) is 12.2 Å². The van der Waals surface area contributed by atoms with E-state index in [4.69, 9.17) is 0 Å². The minimum atomic E-state index is 0.0529. The summed E-state index contributed by atoms with van der Waals surface area (Å²) in [5.74, 6) is 0.0529. The number of pyridine rings is 1. The number of aryl methyl sites for hydroxylation is 2. The van der Waals surface area contributed by atoms with Gasteiger partial charge in [-0.05, 0) is 36.6 Å². The molecule has 4 nitrogen and oxygen atoms in total. The summed E-state index contributed by atoms with van der Waals surface area (Å²) in [6.45, 7) is 2.51. The van der Waals surface area contributed by atoms with Crippen molar-refractivity contribution in [2.24, 2.45) is 0 Å². The van der Waals surface area contributed by atoms with Crippen molar-refractivity contribution >= 4 is 11.6 Å². The average Bonchev–Trinajstić information content (AvgIpc) is 2.94. The van der Waals surface area contributed by atoms with E-state index in [1.165, 1.54) is 11.1 Å². The molecule has 0 radical (unpaired) electrons. The molecule has 1 aromatic carbocycles. The molecule has 0 aliphatic carbocycles. The minimum Gasteiger partial charge on any atom is -0.350 e. The van der Waals surface area contributed by atoms with Crippen LogP contribution in [0.15, 0.2) is 54.9 Å². The smallest absolute Gasteiger partial charge is 0.220 e. The molecule has 0 saturated heterocycles. The molecule has 0 bridgehead atoms. The fourth-order valence-electron chi connectivity index (χ4n) is 2.40. The van der Waals surface area contributed by atoms with E-state index in [9.17, 15) is 4.79 Å². The number of rotatable bonds is 5. The number of nitrogens with zero attached hydrogens (tertiary/aromatic N) is 2. The Morgan fingerprint density at radius 1 is 1.23 bits per heavy atom. The monoisotopic (exact) mass is 293 g/mol. The highest BCUT2D eigenvalue weighted by molar-refractivity contribution is 5.76. The summed E-state index contributed by atoms with van der Waals surface area (Å²) in [4.78, 5) is 16.4. The average molecular weight is 293 g/mol. The van der Waals surface area contributed by atoms with Gasteiger partial charge < -0.3 is 9.72 Å². The highest BCUT2D eigenvalue weighted by Crippen LogP contribution is 2.08.